The number of carbonyl (C=O) groups is 13. The maximum absolute atomic E-state index is 14.9. The van der Waals surface area contributed by atoms with Gasteiger partial charge in [0.25, 0.3) is 0 Å². The molecule has 3 aliphatic rings. The third kappa shape index (κ3) is 49.5. The van der Waals surface area contributed by atoms with Crippen molar-refractivity contribution in [3.05, 3.63) is 58.9 Å². The summed E-state index contributed by atoms with van der Waals surface area (Å²) in [5.41, 5.74) is 3.14. The Morgan fingerprint density at radius 2 is 0.756 bits per heavy atom. The van der Waals surface area contributed by atoms with Crippen molar-refractivity contribution >= 4 is 97.3 Å². The number of nitrogens with zero attached hydrogens (tertiary/aromatic N) is 4. The van der Waals surface area contributed by atoms with Crippen molar-refractivity contribution in [2.45, 2.75) is 124 Å². The fourth-order valence-corrected chi connectivity index (χ4v) is 17.2. The van der Waals surface area contributed by atoms with E-state index in [1.54, 1.807) is 47.3 Å². The van der Waals surface area contributed by atoms with Gasteiger partial charge in [0.2, 0.25) is 23.6 Å². The molecule has 1 saturated heterocycles. The van der Waals surface area contributed by atoms with Gasteiger partial charge in [-0.2, -0.15) is 0 Å². The molecule has 4 rings (SSSR count). The lowest BCUT2D eigenvalue weighted by molar-refractivity contribution is -0.145. The summed E-state index contributed by atoms with van der Waals surface area (Å²) in [7, 11) is -7.17. The lowest BCUT2D eigenvalue weighted by atomic mass is 9.63. The molecule has 44 heteroatoms. The Morgan fingerprint density at radius 3 is 1.16 bits per heavy atom. The number of aliphatic carboxylic acids is 7. The molecule has 1 aromatic carbocycles. The van der Waals surface area contributed by atoms with Crippen LogP contribution in [0.5, 0.6) is 0 Å². The number of fused-ring (bicyclic) bond motifs is 2. The van der Waals surface area contributed by atoms with Crippen LogP contribution in [0.1, 0.15) is 127 Å². The SMILES string of the molecule is C=CS(=O)(=O)CCOC(=O)NCCOCCOCCNC(=O)C(CC(C)C(=O)NCCOCCOCCNC(=O)CN1CCN(CC(=O)O)CCN(CC(=O)O)CCN(CC(=O)O)CC1)CC(CC(CC(CC(C)C(=O)O)C1CCC2CCc3cc(C(CC(C)C(=O)O)CC(C)C(=O)O)ccc3CCC2C1)C(=O)O)C(=O)NCCOCCOCCNC(=O)OCCS(=O)(=O)C=C. The summed E-state index contributed by atoms with van der Waals surface area (Å²) >= 11 is 0. The van der Waals surface area contributed by atoms with Gasteiger partial charge in [-0.15, -0.1) is 0 Å². The van der Waals surface area contributed by atoms with Crippen LogP contribution in [0.15, 0.2) is 42.2 Å². The molecule has 11 atom stereocenters. The molecule has 0 radical (unpaired) electrons. The highest BCUT2D eigenvalue weighted by molar-refractivity contribution is 7.94. The number of hydrogen-bond acceptors (Lipinski definition) is 29. The van der Waals surface area contributed by atoms with Gasteiger partial charge >= 0.3 is 54.0 Å². The van der Waals surface area contributed by atoms with Gasteiger partial charge in [-0.1, -0.05) is 59.1 Å². The van der Waals surface area contributed by atoms with E-state index in [1.165, 1.54) is 0 Å². The van der Waals surface area contributed by atoms with E-state index in [0.29, 0.717) is 19.3 Å². The number of alkyl carbamates (subject to hydrolysis) is 2. The van der Waals surface area contributed by atoms with E-state index < -0.39 is 163 Å². The molecular formula is C87H142N10O32S2. The number of rotatable bonds is 66. The maximum Gasteiger partial charge on any atom is 0.407 e. The lowest BCUT2D eigenvalue weighted by Crippen LogP contribution is -2.50. The van der Waals surface area contributed by atoms with Crippen molar-refractivity contribution in [3.63, 3.8) is 0 Å². The minimum atomic E-state index is -3.59. The average molecular weight is 1900 g/mol. The first kappa shape index (κ1) is 114. The minimum absolute atomic E-state index is 0.00378. The van der Waals surface area contributed by atoms with Gasteiger partial charge < -0.3 is 106 Å². The topological polar surface area (TPSA) is 591 Å². The van der Waals surface area contributed by atoms with Gasteiger partial charge in [-0.25, -0.2) is 26.4 Å². The van der Waals surface area contributed by atoms with Crippen LogP contribution in [0, 0.1) is 65.1 Å². The summed E-state index contributed by atoms with van der Waals surface area (Å²) < 4.78 is 90.3. The molecule has 42 nitrogen and oxygen atoms in total. The zero-order valence-corrected chi connectivity index (χ0v) is 77.7. The van der Waals surface area contributed by atoms with Gasteiger partial charge in [0, 0.05) is 120 Å². The first-order valence-corrected chi connectivity index (χ1v) is 48.4. The zero-order chi connectivity index (χ0) is 96.9. The number of carboxylic acids is 7. The molecule has 2 aliphatic carbocycles. The standard InChI is InChI=1S/C87H142N10O32S2/c1-7-130(118,119)45-43-128-86(116)92-21-35-126-41-39-124-33-19-90-80(106)72(47-60(3)79(105)89-18-32-123-38-37-122-31-17-88-75(98)56-94-23-25-95(57-76(99)100)27-29-97(59-78(103)104)30-28-96(26-24-94)58-77(101)102)54-73(81(107)91-20-34-125-40-42-127-36-22-93-87(117)129-44-46-131(120,121)8-2)55-74(85(114)115)53-71(50-63(6)84(112)113)69-16-12-65-9-13-66-51-68(15-11-64(66)10-14-67(65)52-69)70(48-61(4)82(108)109)49-62(5)83(110)111/h7-8,11,15,51,60-63,65,67,69-74H,1-2,9-10,12-14,16-50,52-59H2,3-6H3,(H,88,98)(H,89,105)(H,90,106)(H,91,107)(H,92,116)(H,93,117)(H,99,100)(H,101,102)(H,103,104)(H,108,109)(H,110,111)(H,112,113)(H,114,115). The first-order valence-electron chi connectivity index (χ1n) is 44.9. The molecule has 0 spiro atoms. The Morgan fingerprint density at radius 1 is 0.389 bits per heavy atom. The quantitative estimate of drug-likeness (QED) is 0.0416. The molecule has 0 aromatic heterocycles. The van der Waals surface area contributed by atoms with Crippen molar-refractivity contribution in [3.8, 4) is 0 Å². The smallest absolute Gasteiger partial charge is 0.407 e. The van der Waals surface area contributed by atoms with Crippen molar-refractivity contribution in [1.29, 1.82) is 0 Å². The van der Waals surface area contributed by atoms with Crippen LogP contribution in [0.4, 0.5) is 9.59 Å². The zero-order valence-electron chi connectivity index (χ0n) is 76.1. The van der Waals surface area contributed by atoms with Gasteiger partial charge in [0.05, 0.1) is 141 Å². The predicted octanol–water partition coefficient (Wildman–Crippen LogP) is 2.37. The van der Waals surface area contributed by atoms with E-state index in [0.717, 1.165) is 53.2 Å². The van der Waals surface area contributed by atoms with Crippen molar-refractivity contribution in [1.82, 2.24) is 51.5 Å². The molecule has 131 heavy (non-hydrogen) atoms. The van der Waals surface area contributed by atoms with Crippen LogP contribution in [0.3, 0.4) is 0 Å². The summed E-state index contributed by atoms with van der Waals surface area (Å²) in [5, 5.41) is 87.9. The Labute approximate surface area is 767 Å². The number of hydrogen-bond donors (Lipinski definition) is 13. The second-order valence-electron chi connectivity index (χ2n) is 33.7. The Bertz CT molecular complexity index is 3950. The van der Waals surface area contributed by atoms with E-state index >= 15 is 0 Å². The molecule has 11 unspecified atom stereocenters. The molecule has 6 amide bonds. The molecule has 2 fully saturated rings. The normalized spacial score (nSPS) is 18.4. The van der Waals surface area contributed by atoms with E-state index in [4.69, 9.17) is 37.9 Å². The number of aryl methyl sites for hydroxylation is 2. The number of nitrogens with one attached hydrogen (secondary N) is 6. The summed E-state index contributed by atoms with van der Waals surface area (Å²) in [6.45, 7) is 13.0. The number of carbonyl (C=O) groups excluding carboxylic acids is 6. The van der Waals surface area contributed by atoms with Gasteiger partial charge in [-0.3, -0.25) is 72.3 Å². The van der Waals surface area contributed by atoms with E-state index in [9.17, 15) is 115 Å². The highest BCUT2D eigenvalue weighted by atomic mass is 32.2. The third-order valence-corrected chi connectivity index (χ3v) is 26.1. The largest absolute Gasteiger partial charge is 0.481 e. The Balaban J connectivity index is 1.52. The number of amides is 6. The molecule has 1 saturated carbocycles. The minimum Gasteiger partial charge on any atom is -0.481 e. The Hall–Kier alpha value is -9.09. The van der Waals surface area contributed by atoms with Crippen LogP contribution >= 0.6 is 0 Å². The first-order chi connectivity index (χ1) is 62.3. The highest BCUT2D eigenvalue weighted by Gasteiger charge is 2.41. The van der Waals surface area contributed by atoms with Crippen LogP contribution in [0.2, 0.25) is 0 Å². The average Bonchev–Trinajstić information content (AvgIpc) is 0.802. The fourth-order valence-electron chi connectivity index (χ4n) is 16.2. The van der Waals surface area contributed by atoms with E-state index in [1.807, 2.05) is 6.07 Å². The molecule has 1 aliphatic heterocycles. The molecule has 13 N–H and O–H groups in total. The van der Waals surface area contributed by atoms with E-state index in [2.05, 4.69) is 57.2 Å². The molecule has 0 bridgehead atoms. The van der Waals surface area contributed by atoms with Crippen LogP contribution in [-0.2, 0) is 123 Å². The number of carboxylic acid groups (broad SMARTS) is 7. The Kier molecular flexibility index (Phi) is 55.1. The van der Waals surface area contributed by atoms with Gasteiger partial charge in [0.15, 0.2) is 19.7 Å². The van der Waals surface area contributed by atoms with Crippen LogP contribution in [-0.4, -0.2) is 372 Å². The maximum atomic E-state index is 14.9. The number of sulfone groups is 2. The second kappa shape index (κ2) is 63.2. The van der Waals surface area contributed by atoms with Gasteiger partial charge in [-0.05, 0) is 136 Å². The monoisotopic (exact) mass is 1900 g/mol. The van der Waals surface area contributed by atoms with Crippen LogP contribution in [0.25, 0.3) is 0 Å². The predicted molar refractivity (Wildman–Crippen MR) is 476 cm³/mol. The third-order valence-electron chi connectivity index (χ3n) is 23.7. The van der Waals surface area contributed by atoms with Gasteiger partial charge in [0.1, 0.15) is 13.2 Å². The summed E-state index contributed by atoms with van der Waals surface area (Å²) in [4.78, 5) is 174. The number of benzene rings is 1. The van der Waals surface area contributed by atoms with Crippen molar-refractivity contribution < 1.29 is 153 Å². The molecule has 1 aromatic rings. The summed E-state index contributed by atoms with van der Waals surface area (Å²) in [5.74, 6) is -17.8. The van der Waals surface area contributed by atoms with Crippen molar-refractivity contribution in [2.24, 2.45) is 65.1 Å². The summed E-state index contributed by atoms with van der Waals surface area (Å²) in [6, 6.07) is 6.13. The lowest BCUT2D eigenvalue weighted by Gasteiger charge is -2.42. The fraction of sp³-hybridized carbons (Fsp3) is 0.736. The van der Waals surface area contributed by atoms with E-state index in [-0.39, 0.29) is 272 Å². The van der Waals surface area contributed by atoms with Crippen LogP contribution < -0.4 is 31.9 Å². The molecule has 744 valence electrons. The number of ether oxygens (including phenoxy) is 8. The highest BCUT2D eigenvalue weighted by Crippen LogP contribution is 2.47. The van der Waals surface area contributed by atoms with Crippen molar-refractivity contribution in [2.75, 3.05) is 222 Å². The second-order valence-corrected chi connectivity index (χ2v) is 37.9. The molecule has 1 heterocycles. The molecular weight excluding hydrogens is 1760 g/mol. The summed E-state index contributed by atoms with van der Waals surface area (Å²) in [6.07, 6.45) is 3.28.